The smallest absolute Gasteiger partial charge is 0.108 e. The van der Waals surface area contributed by atoms with Gasteiger partial charge < -0.3 is 9.64 Å². The van der Waals surface area contributed by atoms with E-state index in [2.05, 4.69) is 113 Å². The number of anilines is 1. The Bertz CT molecular complexity index is 1260. The van der Waals surface area contributed by atoms with E-state index in [0.29, 0.717) is 11.5 Å². The summed E-state index contributed by atoms with van der Waals surface area (Å²) in [5, 5.41) is 12.3. The Hall–Kier alpha value is -2.30. The Kier molecular flexibility index (Phi) is 13.7. The van der Waals surface area contributed by atoms with Crippen molar-refractivity contribution in [3.8, 4) is 16.5 Å². The number of fused-ring (bicyclic) bond motifs is 1. The molecule has 2 aromatic carbocycles. The van der Waals surface area contributed by atoms with E-state index in [1.807, 2.05) is 19.9 Å². The van der Waals surface area contributed by atoms with Crippen LogP contribution in [0, 0.1) is 11.3 Å². The van der Waals surface area contributed by atoms with Gasteiger partial charge in [0.1, 0.15) is 11.0 Å². The van der Waals surface area contributed by atoms with Crippen LogP contribution in [0.1, 0.15) is 86.5 Å². The molecule has 0 radical (unpaired) electrons. The molecule has 218 valence electrons. The first-order chi connectivity index (χ1) is 19.0. The Morgan fingerprint density at radius 3 is 2.25 bits per heavy atom. The second-order valence-electron chi connectivity index (χ2n) is 11.4. The number of hydrogen-bond acceptors (Lipinski definition) is 6. The molecule has 0 saturated carbocycles. The van der Waals surface area contributed by atoms with Gasteiger partial charge in [0.25, 0.3) is 0 Å². The molecular formula is C34H49N3OS2. The number of nitriles is 1. The molecule has 0 amide bonds. The van der Waals surface area contributed by atoms with Crippen molar-refractivity contribution in [2.24, 2.45) is 0 Å². The predicted molar refractivity (Wildman–Crippen MR) is 180 cm³/mol. The number of ether oxygens (including phenoxy) is 1. The fourth-order valence-electron chi connectivity index (χ4n) is 4.15. The average molecular weight is 580 g/mol. The number of benzene rings is 2. The first-order valence-corrected chi connectivity index (χ1v) is 16.3. The molecular weight excluding hydrogens is 531 g/mol. The maximum Gasteiger partial charge on any atom is 0.108 e. The number of hydrogen-bond donors (Lipinski definition) is 1. The highest BCUT2D eigenvalue weighted by Gasteiger charge is 2.20. The van der Waals surface area contributed by atoms with E-state index >= 15 is 0 Å². The molecule has 6 heteroatoms. The third kappa shape index (κ3) is 10.9. The van der Waals surface area contributed by atoms with Crippen LogP contribution >= 0.6 is 23.3 Å². The van der Waals surface area contributed by atoms with E-state index in [1.54, 1.807) is 11.3 Å². The molecule has 0 bridgehead atoms. The third-order valence-corrected chi connectivity index (χ3v) is 8.34. The fraction of sp³-hybridized carbons (Fsp3) is 0.500. The summed E-state index contributed by atoms with van der Waals surface area (Å²) in [6.07, 6.45) is 5.13. The molecule has 0 aliphatic carbocycles. The zero-order valence-corrected chi connectivity index (χ0v) is 27.7. The number of rotatable bonds is 13. The van der Waals surface area contributed by atoms with E-state index in [4.69, 9.17) is 4.74 Å². The van der Waals surface area contributed by atoms with Gasteiger partial charge in [-0.3, -0.25) is 4.72 Å². The van der Waals surface area contributed by atoms with Crippen molar-refractivity contribution >= 4 is 45.8 Å². The quantitative estimate of drug-likeness (QED) is 0.161. The van der Waals surface area contributed by atoms with Crippen molar-refractivity contribution in [3.63, 3.8) is 0 Å². The highest BCUT2D eigenvalue weighted by atomic mass is 32.2. The zero-order valence-electron chi connectivity index (χ0n) is 26.1. The van der Waals surface area contributed by atoms with Crippen molar-refractivity contribution in [2.45, 2.75) is 92.7 Å². The van der Waals surface area contributed by atoms with Gasteiger partial charge >= 0.3 is 0 Å². The zero-order chi connectivity index (χ0) is 29.8. The average Bonchev–Trinajstić information content (AvgIpc) is 3.39. The van der Waals surface area contributed by atoms with Gasteiger partial charge in [-0.25, -0.2) is 0 Å². The number of thiophene rings is 1. The summed E-state index contributed by atoms with van der Waals surface area (Å²) in [6, 6.07) is 20.1. The maximum absolute atomic E-state index is 9.74. The van der Waals surface area contributed by atoms with E-state index in [9.17, 15) is 5.26 Å². The largest absolute Gasteiger partial charge is 0.376 e. The van der Waals surface area contributed by atoms with Crippen molar-refractivity contribution in [2.75, 3.05) is 24.6 Å². The molecule has 0 unspecified atom stereocenters. The topological polar surface area (TPSA) is 48.3 Å². The summed E-state index contributed by atoms with van der Waals surface area (Å²) >= 11 is 3.11. The fourth-order valence-corrected chi connectivity index (χ4v) is 5.89. The van der Waals surface area contributed by atoms with E-state index in [1.165, 1.54) is 38.8 Å². The van der Waals surface area contributed by atoms with Crippen LogP contribution in [0.3, 0.4) is 0 Å². The molecule has 1 heterocycles. The molecule has 0 atom stereocenters. The normalized spacial score (nSPS) is 12.2. The summed E-state index contributed by atoms with van der Waals surface area (Å²) in [4.78, 5) is 5.41. The molecule has 0 fully saturated rings. The lowest BCUT2D eigenvalue weighted by Crippen LogP contribution is -2.36. The van der Waals surface area contributed by atoms with Gasteiger partial charge in [0, 0.05) is 40.7 Å². The second kappa shape index (κ2) is 16.2. The van der Waals surface area contributed by atoms with Gasteiger partial charge in [-0.1, -0.05) is 45.9 Å². The molecule has 3 rings (SSSR count). The molecule has 4 nitrogen and oxygen atoms in total. The monoisotopic (exact) mass is 579 g/mol. The van der Waals surface area contributed by atoms with Crippen LogP contribution in [0.5, 0.6) is 0 Å². The SMILES string of the molecule is CC.CCCN(CCC)c1ccc2cc(-c3ccc(/C=C(\C#N)SNC(C)(C)CCOC(C)(C)C)s3)ccc2c1. The molecule has 3 aromatic rings. The molecule has 0 aliphatic heterocycles. The van der Waals surface area contributed by atoms with Gasteiger partial charge in [0.15, 0.2) is 0 Å². The molecule has 40 heavy (non-hydrogen) atoms. The van der Waals surface area contributed by atoms with E-state index < -0.39 is 0 Å². The number of nitrogens with one attached hydrogen (secondary N) is 1. The second-order valence-corrected chi connectivity index (χ2v) is 13.3. The highest BCUT2D eigenvalue weighted by molar-refractivity contribution is 8.01. The van der Waals surface area contributed by atoms with Crippen LogP contribution in [0.15, 0.2) is 53.4 Å². The molecule has 0 saturated heterocycles. The van der Waals surface area contributed by atoms with Crippen LogP contribution in [0.2, 0.25) is 0 Å². The van der Waals surface area contributed by atoms with Gasteiger partial charge in [0.05, 0.1) is 5.60 Å². The van der Waals surface area contributed by atoms with Crippen molar-refractivity contribution in [1.29, 1.82) is 5.26 Å². The summed E-state index contributed by atoms with van der Waals surface area (Å²) in [6.45, 7) is 21.8. The standard InChI is InChI=1S/C32H43N3OS2.C2H6/c1-8-17-35(18-9-2)27-13-12-24-20-26(11-10-25(24)21-27)30-15-14-28(37-30)22-29(23-33)38-34-32(6,7)16-19-36-31(3,4)5;1-2/h10-15,20-22,34H,8-9,16-19H2,1-7H3;1-2H3/b29-22+;. The van der Waals surface area contributed by atoms with Gasteiger partial charge in [0.2, 0.25) is 0 Å². The summed E-state index contributed by atoms with van der Waals surface area (Å²) in [7, 11) is 0. The van der Waals surface area contributed by atoms with Gasteiger partial charge in [-0.05, 0) is 119 Å². The first kappa shape index (κ1) is 33.9. The molecule has 0 spiro atoms. The van der Waals surface area contributed by atoms with E-state index in [-0.39, 0.29) is 11.1 Å². The first-order valence-electron chi connectivity index (χ1n) is 14.6. The lowest BCUT2D eigenvalue weighted by molar-refractivity contribution is -0.0101. The van der Waals surface area contributed by atoms with Gasteiger partial charge in [-0.2, -0.15) is 5.26 Å². The summed E-state index contributed by atoms with van der Waals surface area (Å²) in [5.41, 5.74) is 2.22. The number of allylic oxidation sites excluding steroid dienone is 1. The van der Waals surface area contributed by atoms with Crippen LogP contribution in [0.25, 0.3) is 27.3 Å². The summed E-state index contributed by atoms with van der Waals surface area (Å²) in [5.74, 6) is 0. The Labute approximate surface area is 251 Å². The van der Waals surface area contributed by atoms with E-state index in [0.717, 1.165) is 37.2 Å². The maximum atomic E-state index is 9.74. The Morgan fingerprint density at radius 2 is 1.62 bits per heavy atom. The highest BCUT2D eigenvalue weighted by Crippen LogP contribution is 2.33. The Morgan fingerprint density at radius 1 is 0.975 bits per heavy atom. The minimum atomic E-state index is -0.151. The number of nitrogens with zero attached hydrogens (tertiary/aromatic N) is 2. The van der Waals surface area contributed by atoms with Crippen molar-refractivity contribution in [1.82, 2.24) is 4.72 Å². The predicted octanol–water partition coefficient (Wildman–Crippen LogP) is 10.3. The minimum Gasteiger partial charge on any atom is -0.376 e. The Balaban J connectivity index is 0.00000274. The summed E-state index contributed by atoms with van der Waals surface area (Å²) < 4.78 is 9.32. The van der Waals surface area contributed by atoms with Crippen molar-refractivity contribution in [3.05, 3.63) is 58.3 Å². The van der Waals surface area contributed by atoms with Crippen LogP contribution in [-0.2, 0) is 4.74 Å². The molecule has 1 aromatic heterocycles. The van der Waals surface area contributed by atoms with Gasteiger partial charge in [-0.15, -0.1) is 11.3 Å². The van der Waals surface area contributed by atoms with Crippen molar-refractivity contribution < 1.29 is 4.74 Å². The lowest BCUT2D eigenvalue weighted by atomic mass is 10.0. The van der Waals surface area contributed by atoms with Crippen LogP contribution < -0.4 is 9.62 Å². The van der Waals surface area contributed by atoms with Crippen LogP contribution in [-0.4, -0.2) is 30.8 Å². The molecule has 0 aliphatic rings. The third-order valence-electron chi connectivity index (χ3n) is 6.17. The van der Waals surface area contributed by atoms with Crippen LogP contribution in [0.4, 0.5) is 5.69 Å². The molecule has 1 N–H and O–H groups in total. The minimum absolute atomic E-state index is 0.143. The lowest BCUT2D eigenvalue weighted by Gasteiger charge is -2.27.